The van der Waals surface area contributed by atoms with Gasteiger partial charge in [-0.1, -0.05) is 25.4 Å². The Bertz CT molecular complexity index is 558. The number of benzene rings is 1. The quantitative estimate of drug-likeness (QED) is 0.921. The lowest BCUT2D eigenvalue weighted by Crippen LogP contribution is -2.25. The Balaban J connectivity index is 2.30. The van der Waals surface area contributed by atoms with Crippen LogP contribution in [0.2, 0.25) is 5.02 Å². The zero-order chi connectivity index (χ0) is 13.3. The summed E-state index contributed by atoms with van der Waals surface area (Å²) in [5, 5.41) is 4.22. The second kappa shape index (κ2) is 5.29. The molecule has 0 aliphatic heterocycles. The van der Waals surface area contributed by atoms with Crippen molar-refractivity contribution in [1.82, 2.24) is 14.9 Å². The summed E-state index contributed by atoms with van der Waals surface area (Å²) in [6, 6.07) is 4.42. The molecule has 3 nitrogen and oxygen atoms in total. The number of fused-ring (bicyclic) bond motifs is 1. The van der Waals surface area contributed by atoms with E-state index in [9.17, 15) is 0 Å². The van der Waals surface area contributed by atoms with Crippen molar-refractivity contribution in [2.45, 2.75) is 33.2 Å². The SMILES string of the molecule is Cc1c(Cl)ccc2nc(CCNC(C)C)n(C)c12. The highest BCUT2D eigenvalue weighted by atomic mass is 35.5. The molecule has 0 unspecified atom stereocenters. The molecule has 1 aromatic carbocycles. The van der Waals surface area contributed by atoms with Gasteiger partial charge >= 0.3 is 0 Å². The van der Waals surface area contributed by atoms with Crippen molar-refractivity contribution in [3.8, 4) is 0 Å². The van der Waals surface area contributed by atoms with Crippen LogP contribution in [0.5, 0.6) is 0 Å². The van der Waals surface area contributed by atoms with Crippen LogP contribution in [0.15, 0.2) is 12.1 Å². The van der Waals surface area contributed by atoms with Gasteiger partial charge in [-0.05, 0) is 24.6 Å². The molecule has 0 fully saturated rings. The summed E-state index contributed by atoms with van der Waals surface area (Å²) in [7, 11) is 2.06. The van der Waals surface area contributed by atoms with Crippen molar-refractivity contribution in [3.05, 3.63) is 28.5 Å². The van der Waals surface area contributed by atoms with Gasteiger partial charge in [-0.25, -0.2) is 4.98 Å². The van der Waals surface area contributed by atoms with E-state index in [0.29, 0.717) is 6.04 Å². The third-order valence-electron chi connectivity index (χ3n) is 3.22. The van der Waals surface area contributed by atoms with Gasteiger partial charge in [0.15, 0.2) is 0 Å². The average Bonchev–Trinajstić information content (AvgIpc) is 2.62. The molecule has 1 heterocycles. The Morgan fingerprint density at radius 2 is 2.11 bits per heavy atom. The number of imidazole rings is 1. The van der Waals surface area contributed by atoms with Crippen LogP contribution in [-0.4, -0.2) is 22.1 Å². The van der Waals surface area contributed by atoms with Gasteiger partial charge in [-0.3, -0.25) is 0 Å². The summed E-state index contributed by atoms with van der Waals surface area (Å²) >= 11 is 6.16. The van der Waals surface area contributed by atoms with Crippen LogP contribution in [0.3, 0.4) is 0 Å². The largest absolute Gasteiger partial charge is 0.331 e. The molecule has 0 aliphatic carbocycles. The highest BCUT2D eigenvalue weighted by Crippen LogP contribution is 2.25. The van der Waals surface area contributed by atoms with Gasteiger partial charge in [0.1, 0.15) is 5.82 Å². The van der Waals surface area contributed by atoms with E-state index in [4.69, 9.17) is 11.6 Å². The number of nitrogens with one attached hydrogen (secondary N) is 1. The Morgan fingerprint density at radius 1 is 1.39 bits per heavy atom. The zero-order valence-electron chi connectivity index (χ0n) is 11.4. The molecular formula is C14H20ClN3. The van der Waals surface area contributed by atoms with E-state index in [1.807, 2.05) is 19.1 Å². The van der Waals surface area contributed by atoms with Crippen LogP contribution in [-0.2, 0) is 13.5 Å². The minimum Gasteiger partial charge on any atom is -0.331 e. The number of aryl methyl sites for hydroxylation is 2. The van der Waals surface area contributed by atoms with Crippen LogP contribution < -0.4 is 5.32 Å². The lowest BCUT2D eigenvalue weighted by molar-refractivity contribution is 0.578. The van der Waals surface area contributed by atoms with Crippen LogP contribution in [0.1, 0.15) is 25.2 Å². The lowest BCUT2D eigenvalue weighted by Gasteiger charge is -2.08. The molecule has 1 N–H and O–H groups in total. The lowest BCUT2D eigenvalue weighted by atomic mass is 10.2. The number of hydrogen-bond donors (Lipinski definition) is 1. The van der Waals surface area contributed by atoms with Crippen LogP contribution in [0.25, 0.3) is 11.0 Å². The van der Waals surface area contributed by atoms with Crippen molar-refractivity contribution in [2.24, 2.45) is 7.05 Å². The van der Waals surface area contributed by atoms with Gasteiger partial charge in [0.05, 0.1) is 11.0 Å². The van der Waals surface area contributed by atoms with Crippen molar-refractivity contribution in [2.75, 3.05) is 6.54 Å². The maximum atomic E-state index is 6.16. The smallest absolute Gasteiger partial charge is 0.110 e. The van der Waals surface area contributed by atoms with E-state index < -0.39 is 0 Å². The predicted molar refractivity (Wildman–Crippen MR) is 77.3 cm³/mol. The van der Waals surface area contributed by atoms with Crippen LogP contribution in [0, 0.1) is 6.92 Å². The number of aromatic nitrogens is 2. The molecule has 0 spiro atoms. The Kier molecular flexibility index (Phi) is 3.93. The third-order valence-corrected chi connectivity index (χ3v) is 3.63. The molecule has 0 amide bonds. The van der Waals surface area contributed by atoms with E-state index >= 15 is 0 Å². The van der Waals surface area contributed by atoms with E-state index in [-0.39, 0.29) is 0 Å². The summed E-state index contributed by atoms with van der Waals surface area (Å²) < 4.78 is 2.15. The normalized spacial score (nSPS) is 11.7. The average molecular weight is 266 g/mol. The molecule has 1 aromatic heterocycles. The van der Waals surface area contributed by atoms with Crippen LogP contribution in [0.4, 0.5) is 0 Å². The molecular weight excluding hydrogens is 246 g/mol. The third kappa shape index (κ3) is 2.52. The molecule has 0 bridgehead atoms. The van der Waals surface area contributed by atoms with Gasteiger partial charge in [0.25, 0.3) is 0 Å². The van der Waals surface area contributed by atoms with E-state index in [2.05, 4.69) is 35.8 Å². The highest BCUT2D eigenvalue weighted by Gasteiger charge is 2.11. The van der Waals surface area contributed by atoms with Gasteiger partial charge < -0.3 is 9.88 Å². The van der Waals surface area contributed by atoms with Crippen molar-refractivity contribution in [3.63, 3.8) is 0 Å². The van der Waals surface area contributed by atoms with Gasteiger partial charge in [-0.2, -0.15) is 0 Å². The maximum absolute atomic E-state index is 6.16. The van der Waals surface area contributed by atoms with Crippen molar-refractivity contribution < 1.29 is 0 Å². The Labute approximate surface area is 113 Å². The topological polar surface area (TPSA) is 29.9 Å². The summed E-state index contributed by atoms with van der Waals surface area (Å²) in [6.07, 6.45) is 0.931. The van der Waals surface area contributed by atoms with Gasteiger partial charge in [-0.15, -0.1) is 0 Å². The highest BCUT2D eigenvalue weighted by molar-refractivity contribution is 6.32. The van der Waals surface area contributed by atoms with Crippen molar-refractivity contribution >= 4 is 22.6 Å². The second-order valence-corrected chi connectivity index (χ2v) is 5.39. The first-order valence-corrected chi connectivity index (χ1v) is 6.72. The first kappa shape index (κ1) is 13.4. The first-order chi connectivity index (χ1) is 8.50. The number of halogens is 1. The van der Waals surface area contributed by atoms with E-state index in [0.717, 1.165) is 40.4 Å². The minimum atomic E-state index is 0.510. The molecule has 18 heavy (non-hydrogen) atoms. The van der Waals surface area contributed by atoms with E-state index in [1.165, 1.54) is 0 Å². The van der Waals surface area contributed by atoms with E-state index in [1.54, 1.807) is 0 Å². The number of nitrogens with zero attached hydrogens (tertiary/aromatic N) is 2. The minimum absolute atomic E-state index is 0.510. The Morgan fingerprint density at radius 3 is 2.78 bits per heavy atom. The summed E-state index contributed by atoms with van der Waals surface area (Å²) in [4.78, 5) is 4.68. The molecule has 0 radical (unpaired) electrons. The summed E-state index contributed by atoms with van der Waals surface area (Å²) in [5.41, 5.74) is 3.27. The predicted octanol–water partition coefficient (Wildman–Crippen LogP) is 3.08. The monoisotopic (exact) mass is 265 g/mol. The molecule has 98 valence electrons. The molecule has 4 heteroatoms. The molecule has 2 rings (SSSR count). The standard InChI is InChI=1S/C14H20ClN3/c1-9(2)16-8-7-13-17-12-6-5-11(15)10(3)14(12)18(13)4/h5-6,9,16H,7-8H2,1-4H3. The van der Waals surface area contributed by atoms with Gasteiger partial charge in [0, 0.05) is 31.1 Å². The summed E-state index contributed by atoms with van der Waals surface area (Å²) in [5.74, 6) is 1.10. The summed E-state index contributed by atoms with van der Waals surface area (Å²) in [6.45, 7) is 7.29. The first-order valence-electron chi connectivity index (χ1n) is 6.34. The molecule has 0 saturated carbocycles. The van der Waals surface area contributed by atoms with Crippen LogP contribution >= 0.6 is 11.6 Å². The number of hydrogen-bond acceptors (Lipinski definition) is 2. The molecule has 2 aromatic rings. The zero-order valence-corrected chi connectivity index (χ0v) is 12.2. The number of rotatable bonds is 4. The van der Waals surface area contributed by atoms with Gasteiger partial charge in [0.2, 0.25) is 0 Å². The Hall–Kier alpha value is -1.06. The fourth-order valence-corrected chi connectivity index (χ4v) is 2.37. The maximum Gasteiger partial charge on any atom is 0.110 e. The fraction of sp³-hybridized carbons (Fsp3) is 0.500. The molecule has 0 atom stereocenters. The van der Waals surface area contributed by atoms with Crippen molar-refractivity contribution in [1.29, 1.82) is 0 Å². The fourth-order valence-electron chi connectivity index (χ4n) is 2.21. The molecule has 0 aliphatic rings. The molecule has 0 saturated heterocycles. The second-order valence-electron chi connectivity index (χ2n) is 4.99.